The molecular weight excluding hydrogens is 168 g/mol. The fraction of sp³-hybridized carbons (Fsp3) is 1.00. The Morgan fingerprint density at radius 1 is 1.46 bits per heavy atom. The quantitative estimate of drug-likeness (QED) is 0.698. The van der Waals surface area contributed by atoms with Crippen LogP contribution in [0.3, 0.4) is 0 Å². The van der Waals surface area contributed by atoms with Crippen molar-refractivity contribution in [3.63, 3.8) is 0 Å². The molecule has 1 saturated carbocycles. The average Bonchev–Trinajstić information content (AvgIpc) is 2.19. The van der Waals surface area contributed by atoms with E-state index in [1.807, 2.05) is 6.92 Å². The largest absolute Gasteiger partial charge is 0.392 e. The summed E-state index contributed by atoms with van der Waals surface area (Å²) in [6, 6.07) is 0. The van der Waals surface area contributed by atoms with Crippen molar-refractivity contribution in [2.24, 2.45) is 5.41 Å². The summed E-state index contributed by atoms with van der Waals surface area (Å²) >= 11 is 0. The van der Waals surface area contributed by atoms with Gasteiger partial charge in [0.05, 0.1) is 12.2 Å². The van der Waals surface area contributed by atoms with Crippen LogP contribution >= 0.6 is 0 Å². The van der Waals surface area contributed by atoms with Crippen LogP contribution in [-0.4, -0.2) is 37.1 Å². The van der Waals surface area contributed by atoms with Crippen molar-refractivity contribution in [1.82, 2.24) is 0 Å². The Morgan fingerprint density at radius 2 is 2.15 bits per heavy atom. The fourth-order valence-corrected chi connectivity index (χ4v) is 2.57. The van der Waals surface area contributed by atoms with Crippen LogP contribution < -0.4 is 0 Å². The summed E-state index contributed by atoms with van der Waals surface area (Å²) in [7, 11) is 0. The summed E-state index contributed by atoms with van der Waals surface area (Å²) in [4.78, 5) is 0. The van der Waals surface area contributed by atoms with Crippen molar-refractivity contribution < 1.29 is 14.6 Å². The molecule has 1 spiro atoms. The third kappa shape index (κ3) is 1.39. The molecule has 0 aromatic rings. The predicted molar refractivity (Wildman–Crippen MR) is 48.5 cm³/mol. The van der Waals surface area contributed by atoms with Gasteiger partial charge in [-0.3, -0.25) is 0 Å². The number of ether oxygens (including phenoxy) is 2. The summed E-state index contributed by atoms with van der Waals surface area (Å²) in [6.45, 7) is 4.32. The Kier molecular flexibility index (Phi) is 2.58. The molecule has 76 valence electrons. The molecule has 0 amide bonds. The van der Waals surface area contributed by atoms with Crippen LogP contribution in [-0.2, 0) is 9.47 Å². The first-order valence-corrected chi connectivity index (χ1v) is 5.17. The molecule has 3 nitrogen and oxygen atoms in total. The van der Waals surface area contributed by atoms with E-state index >= 15 is 0 Å². The zero-order valence-electron chi connectivity index (χ0n) is 8.16. The topological polar surface area (TPSA) is 38.7 Å². The monoisotopic (exact) mass is 186 g/mol. The Morgan fingerprint density at radius 3 is 2.69 bits per heavy atom. The van der Waals surface area contributed by atoms with Crippen LogP contribution in [0.1, 0.15) is 26.2 Å². The molecule has 1 heterocycles. The lowest BCUT2D eigenvalue weighted by molar-refractivity contribution is -0.220. The van der Waals surface area contributed by atoms with Crippen LogP contribution in [0.4, 0.5) is 0 Å². The van der Waals surface area contributed by atoms with Gasteiger partial charge in [-0.05, 0) is 19.8 Å². The Hall–Kier alpha value is -0.120. The molecule has 0 bridgehead atoms. The highest BCUT2D eigenvalue weighted by molar-refractivity contribution is 5.04. The van der Waals surface area contributed by atoms with E-state index in [2.05, 4.69) is 0 Å². The van der Waals surface area contributed by atoms with Crippen LogP contribution in [0.2, 0.25) is 0 Å². The Balaban J connectivity index is 1.99. The maximum atomic E-state index is 9.78. The molecular formula is C10H18O3. The van der Waals surface area contributed by atoms with Crippen molar-refractivity contribution in [2.75, 3.05) is 19.8 Å². The second-order valence-corrected chi connectivity index (χ2v) is 4.04. The van der Waals surface area contributed by atoms with Gasteiger partial charge in [0.1, 0.15) is 0 Å². The lowest BCUT2D eigenvalue weighted by Gasteiger charge is -2.54. The van der Waals surface area contributed by atoms with Gasteiger partial charge in [0, 0.05) is 31.7 Å². The smallest absolute Gasteiger partial charge is 0.0682 e. The molecule has 0 radical (unpaired) electrons. The summed E-state index contributed by atoms with van der Waals surface area (Å²) in [5, 5.41) is 9.78. The molecule has 2 rings (SSSR count). The molecule has 2 aliphatic rings. The molecule has 13 heavy (non-hydrogen) atoms. The molecule has 1 N–H and O–H groups in total. The maximum Gasteiger partial charge on any atom is 0.0682 e. The first-order chi connectivity index (χ1) is 6.29. The Labute approximate surface area is 79.0 Å². The molecule has 2 unspecified atom stereocenters. The lowest BCUT2D eigenvalue weighted by Crippen LogP contribution is -2.60. The van der Waals surface area contributed by atoms with Crippen molar-refractivity contribution in [3.8, 4) is 0 Å². The minimum Gasteiger partial charge on any atom is -0.392 e. The lowest BCUT2D eigenvalue weighted by atomic mass is 9.59. The highest BCUT2D eigenvalue weighted by Gasteiger charge is 2.55. The fourth-order valence-electron chi connectivity index (χ4n) is 2.57. The molecule has 1 aliphatic carbocycles. The number of rotatable bonds is 2. The first-order valence-electron chi connectivity index (χ1n) is 5.17. The molecule has 0 aromatic carbocycles. The van der Waals surface area contributed by atoms with Gasteiger partial charge in [-0.25, -0.2) is 0 Å². The third-order valence-electron chi connectivity index (χ3n) is 3.53. The second-order valence-electron chi connectivity index (χ2n) is 4.04. The molecule has 1 saturated heterocycles. The number of aliphatic hydroxyl groups is 1. The molecule has 1 aliphatic heterocycles. The summed E-state index contributed by atoms with van der Waals surface area (Å²) in [5.74, 6) is 0. The van der Waals surface area contributed by atoms with Crippen LogP contribution in [0.5, 0.6) is 0 Å². The van der Waals surface area contributed by atoms with Gasteiger partial charge >= 0.3 is 0 Å². The van der Waals surface area contributed by atoms with E-state index in [0.717, 1.165) is 39.1 Å². The van der Waals surface area contributed by atoms with Gasteiger partial charge in [-0.15, -0.1) is 0 Å². The van der Waals surface area contributed by atoms with Crippen LogP contribution in [0, 0.1) is 5.41 Å². The Bertz CT molecular complexity index is 173. The van der Waals surface area contributed by atoms with Gasteiger partial charge in [0.15, 0.2) is 0 Å². The van der Waals surface area contributed by atoms with E-state index < -0.39 is 0 Å². The van der Waals surface area contributed by atoms with E-state index in [1.165, 1.54) is 0 Å². The molecule has 2 atom stereocenters. The first kappa shape index (κ1) is 9.44. The average molecular weight is 186 g/mol. The number of hydrogen-bond donors (Lipinski definition) is 1. The van der Waals surface area contributed by atoms with Crippen molar-refractivity contribution in [2.45, 2.75) is 38.4 Å². The molecule has 2 fully saturated rings. The van der Waals surface area contributed by atoms with E-state index in [0.29, 0.717) is 0 Å². The SMILES string of the molecule is CCOC1CC(O)C12CCOCC2. The highest BCUT2D eigenvalue weighted by Crippen LogP contribution is 2.50. The zero-order valence-corrected chi connectivity index (χ0v) is 8.16. The van der Waals surface area contributed by atoms with E-state index in [-0.39, 0.29) is 17.6 Å². The van der Waals surface area contributed by atoms with E-state index in [9.17, 15) is 5.11 Å². The van der Waals surface area contributed by atoms with E-state index in [1.54, 1.807) is 0 Å². The standard InChI is InChI=1S/C10H18O3/c1-2-13-9-7-8(11)10(9)3-5-12-6-4-10/h8-9,11H,2-7H2,1H3. The van der Waals surface area contributed by atoms with Gasteiger partial charge in [0.25, 0.3) is 0 Å². The highest BCUT2D eigenvalue weighted by atomic mass is 16.5. The second kappa shape index (κ2) is 3.56. The third-order valence-corrected chi connectivity index (χ3v) is 3.53. The normalized spacial score (nSPS) is 37.4. The van der Waals surface area contributed by atoms with Crippen molar-refractivity contribution in [3.05, 3.63) is 0 Å². The number of hydrogen-bond acceptors (Lipinski definition) is 3. The van der Waals surface area contributed by atoms with Crippen LogP contribution in [0.15, 0.2) is 0 Å². The predicted octanol–water partition coefficient (Wildman–Crippen LogP) is 0.953. The van der Waals surface area contributed by atoms with Gasteiger partial charge < -0.3 is 14.6 Å². The van der Waals surface area contributed by atoms with E-state index in [4.69, 9.17) is 9.47 Å². The minimum atomic E-state index is -0.159. The number of aliphatic hydroxyl groups excluding tert-OH is 1. The zero-order chi connectivity index (χ0) is 9.31. The molecule has 3 heteroatoms. The van der Waals surface area contributed by atoms with Crippen molar-refractivity contribution in [1.29, 1.82) is 0 Å². The summed E-state index contributed by atoms with van der Waals surface area (Å²) < 4.78 is 10.9. The van der Waals surface area contributed by atoms with Crippen LogP contribution in [0.25, 0.3) is 0 Å². The minimum absolute atomic E-state index is 0.0360. The summed E-state index contributed by atoms with van der Waals surface area (Å²) in [5.41, 5.74) is 0.0360. The van der Waals surface area contributed by atoms with Gasteiger partial charge in [-0.2, -0.15) is 0 Å². The van der Waals surface area contributed by atoms with Crippen molar-refractivity contribution >= 4 is 0 Å². The van der Waals surface area contributed by atoms with Gasteiger partial charge in [0.2, 0.25) is 0 Å². The summed E-state index contributed by atoms with van der Waals surface area (Å²) in [6.07, 6.45) is 2.84. The maximum absolute atomic E-state index is 9.78. The molecule has 0 aromatic heterocycles. The van der Waals surface area contributed by atoms with Gasteiger partial charge in [-0.1, -0.05) is 0 Å².